The average Bonchev–Trinajstić information content (AvgIpc) is 2.43. The number of carbonyl (C=O) groups excluding carboxylic acids is 1. The summed E-state index contributed by atoms with van der Waals surface area (Å²) in [7, 11) is 0. The number of rotatable bonds is 3. The van der Waals surface area contributed by atoms with Gasteiger partial charge in [0.15, 0.2) is 0 Å². The molecule has 0 fully saturated rings. The molecule has 0 aromatic heterocycles. The molecule has 4 N–H and O–H groups in total. The van der Waals surface area contributed by atoms with Gasteiger partial charge in [-0.2, -0.15) is 0 Å². The first-order chi connectivity index (χ1) is 9.97. The van der Waals surface area contributed by atoms with E-state index in [2.05, 4.69) is 10.6 Å². The van der Waals surface area contributed by atoms with Crippen LogP contribution in [0.5, 0.6) is 0 Å². The molecule has 0 aliphatic rings. The molecule has 2 aromatic rings. The van der Waals surface area contributed by atoms with Gasteiger partial charge in [0.2, 0.25) is 0 Å². The van der Waals surface area contributed by atoms with E-state index in [-0.39, 0.29) is 6.04 Å². The summed E-state index contributed by atoms with van der Waals surface area (Å²) in [5.74, 6) is 0. The summed E-state index contributed by atoms with van der Waals surface area (Å²) in [4.78, 5) is 11.9. The Morgan fingerprint density at radius 1 is 1.05 bits per heavy atom. The van der Waals surface area contributed by atoms with Gasteiger partial charge in [-0.1, -0.05) is 41.4 Å². The van der Waals surface area contributed by atoms with Gasteiger partial charge in [-0.3, -0.25) is 0 Å². The van der Waals surface area contributed by atoms with Crippen LogP contribution in [0, 0.1) is 0 Å². The molecule has 110 valence electrons. The number of anilines is 2. The van der Waals surface area contributed by atoms with Crippen LogP contribution in [0.4, 0.5) is 16.2 Å². The van der Waals surface area contributed by atoms with Gasteiger partial charge < -0.3 is 16.4 Å². The van der Waals surface area contributed by atoms with Crippen molar-refractivity contribution in [2.75, 3.05) is 10.6 Å². The predicted molar refractivity (Wildman–Crippen MR) is 88.1 cm³/mol. The Hall–Kier alpha value is -1.75. The first-order valence-electron chi connectivity index (χ1n) is 6.35. The summed E-state index contributed by atoms with van der Waals surface area (Å²) in [6, 6.07) is 11.8. The highest BCUT2D eigenvalue weighted by atomic mass is 35.5. The van der Waals surface area contributed by atoms with Gasteiger partial charge >= 0.3 is 6.03 Å². The van der Waals surface area contributed by atoms with Gasteiger partial charge in [0.1, 0.15) is 0 Å². The fourth-order valence-electron chi connectivity index (χ4n) is 1.76. The van der Waals surface area contributed by atoms with Crippen LogP contribution in [-0.4, -0.2) is 6.03 Å². The van der Waals surface area contributed by atoms with E-state index in [1.165, 1.54) is 0 Å². The zero-order valence-corrected chi connectivity index (χ0v) is 12.9. The highest BCUT2D eigenvalue weighted by Gasteiger charge is 2.09. The Kier molecular flexibility index (Phi) is 5.07. The molecule has 0 radical (unpaired) electrons. The summed E-state index contributed by atoms with van der Waals surface area (Å²) in [6.07, 6.45) is 0. The Balaban J connectivity index is 2.05. The standard InChI is InChI=1S/C15H15Cl2N3O/c1-9(18)10-5-7-11(8-6-10)19-15(21)20-14-12(16)3-2-4-13(14)17/h2-9H,18H2,1H3,(H2,19,20,21). The van der Waals surface area contributed by atoms with Crippen LogP contribution in [0.15, 0.2) is 42.5 Å². The molecule has 1 unspecified atom stereocenters. The van der Waals surface area contributed by atoms with Crippen molar-refractivity contribution in [1.82, 2.24) is 0 Å². The number of hydrogen-bond donors (Lipinski definition) is 3. The molecule has 6 heteroatoms. The van der Waals surface area contributed by atoms with Crippen molar-refractivity contribution >= 4 is 40.6 Å². The third kappa shape index (κ3) is 4.11. The maximum atomic E-state index is 11.9. The second kappa shape index (κ2) is 6.80. The SMILES string of the molecule is CC(N)c1ccc(NC(=O)Nc2c(Cl)cccc2Cl)cc1. The van der Waals surface area contributed by atoms with E-state index in [1.54, 1.807) is 30.3 Å². The summed E-state index contributed by atoms with van der Waals surface area (Å²) >= 11 is 12.0. The summed E-state index contributed by atoms with van der Waals surface area (Å²) in [6.45, 7) is 1.90. The van der Waals surface area contributed by atoms with Gasteiger partial charge in [-0.05, 0) is 36.8 Å². The smallest absolute Gasteiger partial charge is 0.323 e. The largest absolute Gasteiger partial charge is 0.324 e. The zero-order chi connectivity index (χ0) is 15.4. The lowest BCUT2D eigenvalue weighted by Crippen LogP contribution is -2.20. The maximum absolute atomic E-state index is 11.9. The molecule has 2 amide bonds. The van der Waals surface area contributed by atoms with E-state index in [4.69, 9.17) is 28.9 Å². The van der Waals surface area contributed by atoms with Crippen molar-refractivity contribution in [1.29, 1.82) is 0 Å². The van der Waals surface area contributed by atoms with Crippen molar-refractivity contribution in [3.8, 4) is 0 Å². The molecule has 0 heterocycles. The normalized spacial score (nSPS) is 11.8. The molecular weight excluding hydrogens is 309 g/mol. The minimum atomic E-state index is -0.418. The van der Waals surface area contributed by atoms with Crippen LogP contribution in [0.1, 0.15) is 18.5 Å². The lowest BCUT2D eigenvalue weighted by Gasteiger charge is -2.11. The molecule has 0 bridgehead atoms. The van der Waals surface area contributed by atoms with Gasteiger partial charge in [0.25, 0.3) is 0 Å². The van der Waals surface area contributed by atoms with Crippen LogP contribution < -0.4 is 16.4 Å². The van der Waals surface area contributed by atoms with Crippen molar-refractivity contribution < 1.29 is 4.79 Å². The Labute approximate surface area is 133 Å². The topological polar surface area (TPSA) is 67.1 Å². The van der Waals surface area contributed by atoms with Crippen molar-refractivity contribution in [2.24, 2.45) is 5.73 Å². The highest BCUT2D eigenvalue weighted by molar-refractivity contribution is 6.39. The minimum Gasteiger partial charge on any atom is -0.324 e. The van der Waals surface area contributed by atoms with E-state index in [0.717, 1.165) is 5.56 Å². The number of urea groups is 1. The van der Waals surface area contributed by atoms with Crippen molar-refractivity contribution in [3.63, 3.8) is 0 Å². The number of halogens is 2. The molecule has 21 heavy (non-hydrogen) atoms. The molecule has 0 aliphatic carbocycles. The number of nitrogens with two attached hydrogens (primary N) is 1. The molecule has 0 spiro atoms. The zero-order valence-electron chi connectivity index (χ0n) is 11.4. The molecule has 0 saturated heterocycles. The fraction of sp³-hybridized carbons (Fsp3) is 0.133. The number of para-hydroxylation sites is 1. The lowest BCUT2D eigenvalue weighted by molar-refractivity contribution is 0.262. The van der Waals surface area contributed by atoms with Crippen LogP contribution in [-0.2, 0) is 0 Å². The number of hydrogen-bond acceptors (Lipinski definition) is 2. The summed E-state index contributed by atoms with van der Waals surface area (Å²) in [5, 5.41) is 6.09. The van der Waals surface area contributed by atoms with Gasteiger partial charge in [0, 0.05) is 11.7 Å². The molecule has 1 atom stereocenters. The average molecular weight is 324 g/mol. The lowest BCUT2D eigenvalue weighted by atomic mass is 10.1. The Morgan fingerprint density at radius 3 is 2.14 bits per heavy atom. The first kappa shape index (κ1) is 15.6. The maximum Gasteiger partial charge on any atom is 0.323 e. The molecular formula is C15H15Cl2N3O. The second-order valence-corrected chi connectivity index (χ2v) is 5.40. The fourth-order valence-corrected chi connectivity index (χ4v) is 2.26. The molecule has 2 rings (SSSR count). The third-order valence-electron chi connectivity index (χ3n) is 2.90. The van der Waals surface area contributed by atoms with Crippen molar-refractivity contribution in [3.05, 3.63) is 58.1 Å². The van der Waals surface area contributed by atoms with Gasteiger partial charge in [-0.15, -0.1) is 0 Å². The van der Waals surface area contributed by atoms with Gasteiger partial charge in [-0.25, -0.2) is 4.79 Å². The van der Waals surface area contributed by atoms with E-state index in [0.29, 0.717) is 21.4 Å². The van der Waals surface area contributed by atoms with Crippen LogP contribution in [0.25, 0.3) is 0 Å². The van der Waals surface area contributed by atoms with E-state index in [9.17, 15) is 4.79 Å². The van der Waals surface area contributed by atoms with E-state index < -0.39 is 6.03 Å². The Bertz CT molecular complexity index is 622. The van der Waals surface area contributed by atoms with Crippen molar-refractivity contribution in [2.45, 2.75) is 13.0 Å². The first-order valence-corrected chi connectivity index (χ1v) is 7.10. The number of nitrogens with one attached hydrogen (secondary N) is 2. The number of benzene rings is 2. The molecule has 2 aromatic carbocycles. The minimum absolute atomic E-state index is 0.0465. The predicted octanol–water partition coefficient (Wildman–Crippen LogP) is 4.66. The molecule has 0 aliphatic heterocycles. The summed E-state index contributed by atoms with van der Waals surface area (Å²) < 4.78 is 0. The monoisotopic (exact) mass is 323 g/mol. The molecule has 0 saturated carbocycles. The quantitative estimate of drug-likeness (QED) is 0.769. The third-order valence-corrected chi connectivity index (χ3v) is 3.53. The van der Waals surface area contributed by atoms with Crippen LogP contribution >= 0.6 is 23.2 Å². The number of carbonyl (C=O) groups is 1. The highest BCUT2D eigenvalue weighted by Crippen LogP contribution is 2.29. The Morgan fingerprint density at radius 2 is 1.62 bits per heavy atom. The van der Waals surface area contributed by atoms with E-state index in [1.807, 2.05) is 19.1 Å². The van der Waals surface area contributed by atoms with Crippen LogP contribution in [0.2, 0.25) is 10.0 Å². The second-order valence-electron chi connectivity index (χ2n) is 4.59. The molecule has 4 nitrogen and oxygen atoms in total. The van der Waals surface area contributed by atoms with E-state index >= 15 is 0 Å². The number of amides is 2. The van der Waals surface area contributed by atoms with Gasteiger partial charge in [0.05, 0.1) is 15.7 Å². The van der Waals surface area contributed by atoms with Crippen LogP contribution in [0.3, 0.4) is 0 Å². The summed E-state index contributed by atoms with van der Waals surface area (Å²) in [5.41, 5.74) is 7.80.